The number of fused-ring (bicyclic) bond motifs is 1. The molecule has 6 heteroatoms. The van der Waals surface area contributed by atoms with Gasteiger partial charge in [-0.15, -0.1) is 0 Å². The highest BCUT2D eigenvalue weighted by Gasteiger charge is 2.51. The lowest BCUT2D eigenvalue weighted by molar-refractivity contribution is -0.148. The molecular weight excluding hydrogens is 354 g/mol. The third-order valence-electron chi connectivity index (χ3n) is 5.40. The molecule has 0 radical (unpaired) electrons. The number of allylic oxidation sites excluding steroid dienone is 2. The van der Waals surface area contributed by atoms with E-state index in [4.69, 9.17) is 5.26 Å². The summed E-state index contributed by atoms with van der Waals surface area (Å²) in [5, 5.41) is 11.7. The predicted octanol–water partition coefficient (Wildman–Crippen LogP) is 2.54. The van der Waals surface area contributed by atoms with Gasteiger partial charge in [0.1, 0.15) is 6.04 Å². The second-order valence-corrected chi connectivity index (χ2v) is 7.87. The summed E-state index contributed by atoms with van der Waals surface area (Å²) in [6, 6.07) is 8.21. The molecule has 1 N–H and O–H groups in total. The van der Waals surface area contributed by atoms with E-state index < -0.39 is 6.04 Å². The van der Waals surface area contributed by atoms with E-state index in [9.17, 15) is 14.4 Å². The maximum Gasteiger partial charge on any atom is 0.243 e. The summed E-state index contributed by atoms with van der Waals surface area (Å²) in [4.78, 5) is 39.9. The molecule has 1 aromatic rings. The van der Waals surface area contributed by atoms with E-state index in [2.05, 4.69) is 11.4 Å². The average molecular weight is 379 g/mol. The quantitative estimate of drug-likeness (QED) is 0.607. The number of carbonyl (C=O) groups excluding carboxylic acids is 3. The first-order valence-corrected chi connectivity index (χ1v) is 9.71. The standard InChI is InChI=1S/C22H25N3O3/c1-14(2)11-19(20(26)24-13-16-9-7-15(12-23)8-10-16)25-21(27)17-5-3-4-6-18(17)22(25)28/h3-4,7-10,14,17-19H,5-6,11,13H2,1-2H3,(H,24,26). The van der Waals surface area contributed by atoms with E-state index in [-0.39, 0.29) is 42.0 Å². The summed E-state index contributed by atoms with van der Waals surface area (Å²) in [6.45, 7) is 4.23. The Hall–Kier alpha value is -2.94. The Morgan fingerprint density at radius 2 is 1.71 bits per heavy atom. The Morgan fingerprint density at radius 1 is 1.14 bits per heavy atom. The first kappa shape index (κ1) is 19.8. The molecule has 28 heavy (non-hydrogen) atoms. The summed E-state index contributed by atoms with van der Waals surface area (Å²) < 4.78 is 0. The van der Waals surface area contributed by atoms with E-state index in [0.29, 0.717) is 24.8 Å². The van der Waals surface area contributed by atoms with Crippen LogP contribution in [-0.2, 0) is 20.9 Å². The van der Waals surface area contributed by atoms with Crippen molar-refractivity contribution in [1.29, 1.82) is 5.26 Å². The van der Waals surface area contributed by atoms with Gasteiger partial charge in [-0.1, -0.05) is 38.1 Å². The lowest BCUT2D eigenvalue weighted by Crippen LogP contribution is -2.50. The Morgan fingerprint density at radius 3 is 2.21 bits per heavy atom. The second-order valence-electron chi connectivity index (χ2n) is 7.87. The molecule has 1 aliphatic carbocycles. The molecule has 6 nitrogen and oxygen atoms in total. The van der Waals surface area contributed by atoms with E-state index in [1.807, 2.05) is 26.0 Å². The van der Waals surface area contributed by atoms with Crippen molar-refractivity contribution in [1.82, 2.24) is 10.2 Å². The Kier molecular flexibility index (Phi) is 5.93. The van der Waals surface area contributed by atoms with Crippen LogP contribution in [0.1, 0.15) is 44.2 Å². The third-order valence-corrected chi connectivity index (χ3v) is 5.40. The zero-order valence-corrected chi connectivity index (χ0v) is 16.2. The number of rotatable bonds is 6. The van der Waals surface area contributed by atoms with Crippen LogP contribution >= 0.6 is 0 Å². The minimum Gasteiger partial charge on any atom is -0.350 e. The topological polar surface area (TPSA) is 90.3 Å². The molecule has 1 saturated heterocycles. The fraction of sp³-hybridized carbons (Fsp3) is 0.455. The van der Waals surface area contributed by atoms with Crippen LogP contribution in [0.5, 0.6) is 0 Å². The highest BCUT2D eigenvalue weighted by atomic mass is 16.2. The highest BCUT2D eigenvalue weighted by Crippen LogP contribution is 2.37. The van der Waals surface area contributed by atoms with Gasteiger partial charge < -0.3 is 5.32 Å². The lowest BCUT2D eigenvalue weighted by Gasteiger charge is -2.27. The zero-order chi connectivity index (χ0) is 20.3. The monoisotopic (exact) mass is 379 g/mol. The summed E-state index contributed by atoms with van der Waals surface area (Å²) in [6.07, 6.45) is 5.44. The number of hydrogen-bond donors (Lipinski definition) is 1. The third kappa shape index (κ3) is 3.99. The summed E-state index contributed by atoms with van der Waals surface area (Å²) in [5.41, 5.74) is 1.41. The van der Waals surface area contributed by atoms with Crippen LogP contribution in [0.2, 0.25) is 0 Å². The molecule has 0 spiro atoms. The van der Waals surface area contributed by atoms with Crippen molar-refractivity contribution in [3.8, 4) is 6.07 Å². The van der Waals surface area contributed by atoms with Gasteiger partial charge in [0.05, 0.1) is 23.5 Å². The van der Waals surface area contributed by atoms with Crippen LogP contribution in [0.25, 0.3) is 0 Å². The van der Waals surface area contributed by atoms with Gasteiger partial charge in [-0.3, -0.25) is 19.3 Å². The first-order chi connectivity index (χ1) is 13.4. The molecule has 0 saturated carbocycles. The average Bonchev–Trinajstić information content (AvgIpc) is 2.95. The molecule has 1 heterocycles. The van der Waals surface area contributed by atoms with Crippen LogP contribution in [0.3, 0.4) is 0 Å². The maximum atomic E-state index is 12.9. The largest absolute Gasteiger partial charge is 0.350 e. The molecular formula is C22H25N3O3. The van der Waals surface area contributed by atoms with Crippen molar-refractivity contribution in [2.45, 2.75) is 45.7 Å². The first-order valence-electron chi connectivity index (χ1n) is 9.71. The smallest absolute Gasteiger partial charge is 0.243 e. The normalized spacial score (nSPS) is 22.1. The van der Waals surface area contributed by atoms with Crippen LogP contribution in [0, 0.1) is 29.1 Å². The lowest BCUT2D eigenvalue weighted by atomic mass is 9.85. The zero-order valence-electron chi connectivity index (χ0n) is 16.2. The fourth-order valence-electron chi connectivity index (χ4n) is 3.91. The fourth-order valence-corrected chi connectivity index (χ4v) is 3.91. The van der Waals surface area contributed by atoms with E-state index >= 15 is 0 Å². The molecule has 3 rings (SSSR count). The molecule has 1 aliphatic heterocycles. The molecule has 0 bridgehead atoms. The minimum absolute atomic E-state index is 0.159. The van der Waals surface area contributed by atoms with Gasteiger partial charge in [0.15, 0.2) is 0 Å². The Balaban J connectivity index is 1.74. The number of carbonyl (C=O) groups is 3. The van der Waals surface area contributed by atoms with Gasteiger partial charge in [0.25, 0.3) is 0 Å². The van der Waals surface area contributed by atoms with Crippen molar-refractivity contribution in [3.05, 3.63) is 47.5 Å². The SMILES string of the molecule is CC(C)CC(C(=O)NCc1ccc(C#N)cc1)N1C(=O)C2CC=CCC2C1=O. The summed E-state index contributed by atoms with van der Waals surface area (Å²) >= 11 is 0. The van der Waals surface area contributed by atoms with Crippen LogP contribution < -0.4 is 5.32 Å². The molecule has 1 fully saturated rings. The summed E-state index contributed by atoms with van der Waals surface area (Å²) in [5.74, 6) is -1.27. The number of nitrogens with zero attached hydrogens (tertiary/aromatic N) is 2. The number of nitriles is 1. The van der Waals surface area contributed by atoms with Crippen LogP contribution in [0.4, 0.5) is 0 Å². The van der Waals surface area contributed by atoms with Gasteiger partial charge in [-0.05, 0) is 42.9 Å². The van der Waals surface area contributed by atoms with Crippen molar-refractivity contribution in [2.75, 3.05) is 0 Å². The molecule has 1 aromatic carbocycles. The minimum atomic E-state index is -0.788. The number of nitrogens with one attached hydrogen (secondary N) is 1. The number of benzene rings is 1. The number of amides is 3. The van der Waals surface area contributed by atoms with E-state index in [1.54, 1.807) is 24.3 Å². The number of likely N-dealkylation sites (tertiary alicyclic amines) is 1. The van der Waals surface area contributed by atoms with Crippen molar-refractivity contribution < 1.29 is 14.4 Å². The van der Waals surface area contributed by atoms with Crippen LogP contribution in [0.15, 0.2) is 36.4 Å². The molecule has 3 amide bonds. The van der Waals surface area contributed by atoms with Crippen molar-refractivity contribution >= 4 is 17.7 Å². The van der Waals surface area contributed by atoms with Crippen molar-refractivity contribution in [3.63, 3.8) is 0 Å². The van der Waals surface area contributed by atoms with E-state index in [0.717, 1.165) is 5.56 Å². The number of imide groups is 1. The predicted molar refractivity (Wildman–Crippen MR) is 103 cm³/mol. The highest BCUT2D eigenvalue weighted by molar-refractivity contribution is 6.08. The van der Waals surface area contributed by atoms with Gasteiger partial charge in [0, 0.05) is 6.54 Å². The Bertz CT molecular complexity index is 810. The molecule has 3 unspecified atom stereocenters. The van der Waals surface area contributed by atoms with E-state index in [1.165, 1.54) is 4.90 Å². The van der Waals surface area contributed by atoms with Gasteiger partial charge in [0.2, 0.25) is 17.7 Å². The molecule has 146 valence electrons. The molecule has 0 aromatic heterocycles. The molecule has 2 aliphatic rings. The van der Waals surface area contributed by atoms with Gasteiger partial charge in [-0.25, -0.2) is 0 Å². The molecule has 3 atom stereocenters. The van der Waals surface area contributed by atoms with Gasteiger partial charge in [-0.2, -0.15) is 5.26 Å². The summed E-state index contributed by atoms with van der Waals surface area (Å²) in [7, 11) is 0. The van der Waals surface area contributed by atoms with Gasteiger partial charge >= 0.3 is 0 Å². The Labute approximate surface area is 165 Å². The van der Waals surface area contributed by atoms with Crippen molar-refractivity contribution in [2.24, 2.45) is 17.8 Å². The van der Waals surface area contributed by atoms with Crippen LogP contribution in [-0.4, -0.2) is 28.7 Å². The maximum absolute atomic E-state index is 12.9. The second kappa shape index (κ2) is 8.39. The number of hydrogen-bond acceptors (Lipinski definition) is 4.